The normalized spacial score (nSPS) is 13.3. The Morgan fingerprint density at radius 3 is 1.56 bits per heavy atom. The van der Waals surface area contributed by atoms with Crippen molar-refractivity contribution in [3.8, 4) is 0 Å². The van der Waals surface area contributed by atoms with Crippen LogP contribution >= 0.6 is 0 Å². The summed E-state index contributed by atoms with van der Waals surface area (Å²) >= 11 is 0. The Bertz CT molecular complexity index is 566. The largest absolute Gasteiger partial charge is 0.726 e. The molecule has 0 saturated heterocycles. The average Bonchev–Trinajstić information content (AvgIpc) is 2.78. The average molecular weight is 510 g/mol. The second-order valence-electron chi connectivity index (χ2n) is 9.03. The molecule has 0 aliphatic rings. The number of hydrogen-bond acceptors (Lipinski definition) is 6. The number of rotatable bonds is 22. The Morgan fingerprint density at radius 2 is 1.24 bits per heavy atom. The van der Waals surface area contributed by atoms with Crippen LogP contribution in [0.25, 0.3) is 0 Å². The van der Waals surface area contributed by atoms with E-state index in [1.807, 2.05) is 0 Å². The molecular weight excluding hydrogens is 454 g/mol. The van der Waals surface area contributed by atoms with Gasteiger partial charge >= 0.3 is 0 Å². The van der Waals surface area contributed by atoms with Gasteiger partial charge in [-0.3, -0.25) is 4.18 Å². The van der Waals surface area contributed by atoms with Gasteiger partial charge < -0.3 is 20.5 Å². The van der Waals surface area contributed by atoms with Crippen LogP contribution in [-0.2, 0) is 14.6 Å². The van der Waals surface area contributed by atoms with Crippen LogP contribution in [0, 0.1) is 5.92 Å². The predicted octanol–water partition coefficient (Wildman–Crippen LogP) is 5.24. The van der Waals surface area contributed by atoms with Gasteiger partial charge in [0.2, 0.25) is 10.4 Å². The molecule has 0 fully saturated rings. The first-order valence-electron chi connectivity index (χ1n) is 13.6. The highest BCUT2D eigenvalue weighted by atomic mass is 32.3. The summed E-state index contributed by atoms with van der Waals surface area (Å²) < 4.78 is 32.0. The summed E-state index contributed by atoms with van der Waals surface area (Å²) in [5, 5.41) is 18.5. The van der Waals surface area contributed by atoms with Crippen LogP contribution in [0.2, 0.25) is 0 Å². The summed E-state index contributed by atoms with van der Waals surface area (Å²) in [6.45, 7) is 6.19. The van der Waals surface area contributed by atoms with Crippen molar-refractivity contribution in [1.29, 1.82) is 0 Å². The molecule has 1 unspecified atom stereocenters. The van der Waals surface area contributed by atoms with Crippen molar-refractivity contribution in [3.63, 3.8) is 0 Å². The zero-order valence-corrected chi connectivity index (χ0v) is 23.2. The monoisotopic (exact) mass is 509 g/mol. The molecule has 1 atom stereocenters. The van der Waals surface area contributed by atoms with Gasteiger partial charge in [-0.05, 0) is 37.7 Å². The van der Waals surface area contributed by atoms with E-state index in [1.54, 1.807) is 0 Å². The minimum atomic E-state index is -4.42. The van der Waals surface area contributed by atoms with Crippen molar-refractivity contribution >= 4 is 10.4 Å². The van der Waals surface area contributed by atoms with E-state index in [0.717, 1.165) is 18.5 Å². The van der Waals surface area contributed by atoms with Gasteiger partial charge in [-0.25, -0.2) is 8.42 Å². The summed E-state index contributed by atoms with van der Waals surface area (Å²) in [5.74, 6) is 0.531. The lowest BCUT2D eigenvalue weighted by Gasteiger charge is -2.19. The lowest BCUT2D eigenvalue weighted by molar-refractivity contribution is -0.310. The standard InChI is InChI=1S/C24H49NO2.C2H6O4S/c1-3-5-6-7-8-9-10-11-12-13-14-15-16-17-22(4-2)23(18-20-26)24(25)19-21-27;1-2-6-7(3,4)5/h22,26-27H,3-21,25H2,1-2H3;2H2,1H3,(H,3,4,5)/b24-23-;. The van der Waals surface area contributed by atoms with E-state index in [1.165, 1.54) is 102 Å². The lowest BCUT2D eigenvalue weighted by Crippen LogP contribution is -2.49. The molecule has 0 radical (unpaired) electrons. The van der Waals surface area contributed by atoms with Crippen molar-refractivity contribution in [2.75, 3.05) is 19.8 Å². The number of unbranched alkanes of at least 4 members (excludes halogenated alkanes) is 12. The molecule has 0 spiro atoms. The van der Waals surface area contributed by atoms with E-state index < -0.39 is 10.4 Å². The highest BCUT2D eigenvalue weighted by molar-refractivity contribution is 7.80. The predicted molar refractivity (Wildman–Crippen MR) is 139 cm³/mol. The molecule has 0 saturated carbocycles. The van der Waals surface area contributed by atoms with Crippen molar-refractivity contribution in [1.82, 2.24) is 0 Å². The van der Waals surface area contributed by atoms with Crippen LogP contribution < -0.4 is 5.73 Å². The van der Waals surface area contributed by atoms with Crippen LogP contribution in [0.5, 0.6) is 0 Å². The van der Waals surface area contributed by atoms with Gasteiger partial charge in [0.05, 0.1) is 13.2 Å². The van der Waals surface area contributed by atoms with Crippen LogP contribution in [0.3, 0.4) is 0 Å². The smallest absolute Gasteiger partial charge is 0.217 e. The Morgan fingerprint density at radius 1 is 0.794 bits per heavy atom. The molecule has 0 rings (SSSR count). The van der Waals surface area contributed by atoms with Gasteiger partial charge in [0.1, 0.15) is 5.70 Å². The molecule has 0 heterocycles. The molecule has 0 bridgehead atoms. The first-order valence-corrected chi connectivity index (χ1v) is 15.0. The van der Waals surface area contributed by atoms with Crippen LogP contribution in [0.1, 0.15) is 130 Å². The highest BCUT2D eigenvalue weighted by Crippen LogP contribution is 2.27. The molecule has 0 amide bonds. The second kappa shape index (κ2) is 25.6. The zero-order valence-electron chi connectivity index (χ0n) is 22.4. The molecule has 8 heteroatoms. The molecule has 5 N–H and O–H groups in total. The minimum absolute atomic E-state index is 0.0914. The van der Waals surface area contributed by atoms with Gasteiger partial charge in [0.25, 0.3) is 0 Å². The fourth-order valence-corrected chi connectivity index (χ4v) is 4.55. The van der Waals surface area contributed by atoms with E-state index in [2.05, 4.69) is 23.8 Å². The molecule has 0 aromatic rings. The van der Waals surface area contributed by atoms with Crippen molar-refractivity contribution < 1.29 is 33.1 Å². The Hall–Kier alpha value is -0.510. The highest BCUT2D eigenvalue weighted by Gasteiger charge is 2.17. The van der Waals surface area contributed by atoms with Crippen LogP contribution in [-0.4, -0.2) is 43.0 Å². The van der Waals surface area contributed by atoms with Crippen LogP contribution in [0.15, 0.2) is 11.3 Å². The Kier molecular flexibility index (Phi) is 26.8. The van der Waals surface area contributed by atoms with Crippen molar-refractivity contribution in [2.24, 2.45) is 5.92 Å². The number of aliphatic hydroxyl groups is 2. The zero-order chi connectivity index (χ0) is 26.1. The molecule has 34 heavy (non-hydrogen) atoms. The molecule has 206 valence electrons. The summed E-state index contributed by atoms with van der Waals surface area (Å²) in [7, 11) is -4.42. The van der Waals surface area contributed by atoms with Gasteiger partial charge in [-0.2, -0.15) is 0 Å². The van der Waals surface area contributed by atoms with Gasteiger partial charge in [-0.1, -0.05) is 97.3 Å². The molecule has 7 nitrogen and oxygen atoms in total. The second-order valence-corrected chi connectivity index (χ2v) is 10.1. The van der Waals surface area contributed by atoms with E-state index in [-0.39, 0.29) is 19.8 Å². The summed E-state index contributed by atoms with van der Waals surface area (Å²) in [4.78, 5) is 0. The Labute approximate surface area is 210 Å². The number of aliphatic hydroxyl groups excluding tert-OH is 2. The Balaban J connectivity index is 0. The third-order valence-electron chi connectivity index (χ3n) is 6.15. The fraction of sp³-hybridized carbons (Fsp3) is 0.923. The first kappa shape index (κ1) is 35.7. The summed E-state index contributed by atoms with van der Waals surface area (Å²) in [5.41, 5.74) is 6.49. The minimum Gasteiger partial charge on any atom is -0.726 e. The van der Waals surface area contributed by atoms with Crippen molar-refractivity contribution in [2.45, 2.75) is 130 Å². The number of hydrogen-bond donors (Lipinski definition) is 3. The third-order valence-corrected chi connectivity index (χ3v) is 6.68. The van der Waals surface area contributed by atoms with E-state index in [4.69, 9.17) is 0 Å². The SMILES string of the molecule is CCCCCCCCCCCCCCCC(CC)/C(CCO)=C(\[NH3+])CCO.CCOS(=O)(=O)[O-]. The topological polar surface area (TPSA) is 135 Å². The molecule has 0 aliphatic heterocycles. The van der Waals surface area contributed by atoms with Gasteiger partial charge in [0.15, 0.2) is 0 Å². The van der Waals surface area contributed by atoms with E-state index in [0.29, 0.717) is 12.3 Å². The quantitative estimate of drug-likeness (QED) is 0.104. The summed E-state index contributed by atoms with van der Waals surface area (Å²) in [6.07, 6.45) is 21.8. The van der Waals surface area contributed by atoms with E-state index >= 15 is 0 Å². The summed E-state index contributed by atoms with van der Waals surface area (Å²) in [6, 6.07) is 0. The maximum absolute atomic E-state index is 9.45. The maximum Gasteiger partial charge on any atom is 0.217 e. The molecule has 0 aromatic heterocycles. The van der Waals surface area contributed by atoms with Gasteiger partial charge in [0, 0.05) is 13.0 Å². The molecule has 0 aromatic carbocycles. The van der Waals surface area contributed by atoms with Gasteiger partial charge in [-0.15, -0.1) is 0 Å². The van der Waals surface area contributed by atoms with Crippen molar-refractivity contribution in [3.05, 3.63) is 11.3 Å². The maximum atomic E-state index is 9.45. The third kappa shape index (κ3) is 24.6. The lowest BCUT2D eigenvalue weighted by atomic mass is 9.87. The molecular formula is C26H55NO6S. The molecule has 0 aliphatic carbocycles. The van der Waals surface area contributed by atoms with E-state index in [9.17, 15) is 23.2 Å². The first-order chi connectivity index (χ1) is 16.3. The fourth-order valence-electron chi connectivity index (χ4n) is 4.26. The number of quaternary nitrogens is 1. The van der Waals surface area contributed by atoms with Crippen LogP contribution in [0.4, 0.5) is 0 Å².